The van der Waals surface area contributed by atoms with Crippen molar-refractivity contribution in [2.24, 2.45) is 7.05 Å². The first-order chi connectivity index (χ1) is 9.53. The Morgan fingerprint density at radius 3 is 2.60 bits per heavy atom. The van der Waals surface area contributed by atoms with Crippen LogP contribution in [-0.2, 0) is 13.6 Å². The van der Waals surface area contributed by atoms with Gasteiger partial charge in [0.2, 0.25) is 12.5 Å². The average Bonchev–Trinajstić information content (AvgIpc) is 3.04. The smallest absolute Gasteiger partial charge is 0.243 e. The third kappa shape index (κ3) is 3.40. The highest BCUT2D eigenvalue weighted by atomic mass is 16.4. The average molecular weight is 273 g/mol. The molecule has 0 amide bonds. The van der Waals surface area contributed by atoms with E-state index >= 15 is 0 Å². The van der Waals surface area contributed by atoms with Gasteiger partial charge in [-0.2, -0.15) is 10.5 Å². The number of rotatable bonds is 2. The number of nitrogens with zero attached hydrogens (tertiary/aromatic N) is 7. The van der Waals surface area contributed by atoms with E-state index in [1.165, 1.54) is 12.3 Å². The van der Waals surface area contributed by atoms with E-state index in [0.29, 0.717) is 4.68 Å². The zero-order valence-electron chi connectivity index (χ0n) is 10.9. The largest absolute Gasteiger partial charge is 0.543 e. The lowest BCUT2D eigenvalue weighted by Crippen LogP contribution is -2.28. The molecular weight excluding hydrogens is 262 g/mol. The van der Waals surface area contributed by atoms with E-state index in [4.69, 9.17) is 10.5 Å². The van der Waals surface area contributed by atoms with E-state index < -0.39 is 17.4 Å². The van der Waals surface area contributed by atoms with Crippen LogP contribution in [0.4, 0.5) is 0 Å². The lowest BCUT2D eigenvalue weighted by molar-refractivity contribution is -0.693. The van der Waals surface area contributed by atoms with Gasteiger partial charge in [0.1, 0.15) is 24.2 Å². The van der Waals surface area contributed by atoms with Gasteiger partial charge in [0.05, 0.1) is 19.6 Å². The molecule has 102 valence electrons. The molecule has 2 aromatic heterocycles. The van der Waals surface area contributed by atoms with Gasteiger partial charge in [0, 0.05) is 0 Å². The summed E-state index contributed by atoms with van der Waals surface area (Å²) in [6, 6.07) is 1.47. The second kappa shape index (κ2) is 6.66. The minimum absolute atomic E-state index is 0.433. The zero-order chi connectivity index (χ0) is 15.1. The molecule has 0 N–H and O–H groups in total. The van der Waals surface area contributed by atoms with Crippen molar-refractivity contribution in [3.63, 3.8) is 0 Å². The van der Waals surface area contributed by atoms with Crippen molar-refractivity contribution >= 4 is 5.97 Å². The summed E-state index contributed by atoms with van der Waals surface area (Å²) in [5.74, 6) is -1.63. The molecule has 0 fully saturated rings. The number of carboxylic acid groups (broad SMARTS) is 1. The summed E-state index contributed by atoms with van der Waals surface area (Å²) in [7, 11) is 2.02. The molecule has 0 aromatic carbocycles. The number of nitriles is 2. The highest BCUT2D eigenvalue weighted by Gasteiger charge is 2.12. The van der Waals surface area contributed by atoms with Crippen LogP contribution in [0.3, 0.4) is 0 Å². The SMILES string of the molecule is CC[n+]1ccn(C)c1.N#Cc1c(C(=O)[O-])nnn1C#N. The van der Waals surface area contributed by atoms with Crippen LogP contribution in [0.2, 0.25) is 0 Å². The van der Waals surface area contributed by atoms with Gasteiger partial charge < -0.3 is 9.90 Å². The quantitative estimate of drug-likeness (QED) is 0.592. The molecule has 0 saturated heterocycles. The fourth-order valence-corrected chi connectivity index (χ4v) is 1.28. The Hall–Kier alpha value is -3.20. The normalized spacial score (nSPS) is 9.00. The fourth-order valence-electron chi connectivity index (χ4n) is 1.28. The molecule has 9 heteroatoms. The zero-order valence-corrected chi connectivity index (χ0v) is 10.9. The summed E-state index contributed by atoms with van der Waals surface area (Å²) in [6.07, 6.45) is 7.59. The highest BCUT2D eigenvalue weighted by molar-refractivity contribution is 5.85. The fraction of sp³-hybridized carbons (Fsp3) is 0.273. The van der Waals surface area contributed by atoms with Gasteiger partial charge in [0.25, 0.3) is 0 Å². The first kappa shape index (κ1) is 14.9. The van der Waals surface area contributed by atoms with Crippen LogP contribution in [0.1, 0.15) is 23.1 Å². The van der Waals surface area contributed by atoms with Crippen molar-refractivity contribution in [3.8, 4) is 12.3 Å². The second-order valence-electron chi connectivity index (χ2n) is 3.61. The number of aromatic carboxylic acids is 1. The van der Waals surface area contributed by atoms with Crippen molar-refractivity contribution in [1.29, 1.82) is 10.5 Å². The molecule has 0 aliphatic carbocycles. The van der Waals surface area contributed by atoms with Gasteiger partial charge in [-0.15, -0.1) is 9.78 Å². The molecule has 20 heavy (non-hydrogen) atoms. The summed E-state index contributed by atoms with van der Waals surface area (Å²) in [5.41, 5.74) is -1.06. The molecular formula is C11H11N7O2. The molecule has 9 nitrogen and oxygen atoms in total. The number of hydrogen-bond donors (Lipinski definition) is 0. The standard InChI is InChI=1S/C6H11N2.C5HN5O2/c1-3-8-5-4-7(2)6-8;6-1-3-4(5(11)12)8-9-10(3)2-7/h4-6H,3H2,1-2H3;(H,11,12)/q+1;/p-1. The number of aromatic nitrogens is 5. The Kier molecular flexibility index (Phi) is 4.95. The lowest BCUT2D eigenvalue weighted by atomic mass is 10.3. The molecule has 2 heterocycles. The number of imidazole rings is 1. The summed E-state index contributed by atoms with van der Waals surface area (Å²) in [4.78, 5) is 10.2. The topological polar surface area (TPSA) is 127 Å². The van der Waals surface area contributed by atoms with Gasteiger partial charge >= 0.3 is 0 Å². The summed E-state index contributed by atoms with van der Waals surface area (Å²) < 4.78 is 4.66. The third-order valence-corrected chi connectivity index (χ3v) is 2.25. The van der Waals surface area contributed by atoms with Gasteiger partial charge in [-0.3, -0.25) is 0 Å². The lowest BCUT2D eigenvalue weighted by Gasteiger charge is -1.93. The summed E-state index contributed by atoms with van der Waals surface area (Å²) in [5, 5.41) is 33.0. The third-order valence-electron chi connectivity index (χ3n) is 2.25. The van der Waals surface area contributed by atoms with Gasteiger partial charge in [-0.25, -0.2) is 9.13 Å². The van der Waals surface area contributed by atoms with Crippen LogP contribution in [-0.4, -0.2) is 25.5 Å². The molecule has 0 aliphatic heterocycles. The van der Waals surface area contributed by atoms with Crippen LogP contribution >= 0.6 is 0 Å². The number of carbonyl (C=O) groups is 1. The number of carbonyl (C=O) groups excluding carboxylic acids is 1. The maximum Gasteiger partial charge on any atom is 0.243 e. The van der Waals surface area contributed by atoms with E-state index in [2.05, 4.69) is 34.3 Å². The summed E-state index contributed by atoms with van der Waals surface area (Å²) in [6.45, 7) is 3.18. The van der Waals surface area contributed by atoms with E-state index in [-0.39, 0.29) is 0 Å². The maximum atomic E-state index is 10.2. The molecule has 0 atom stereocenters. The molecule has 2 aromatic rings. The Labute approximate surface area is 114 Å². The van der Waals surface area contributed by atoms with Crippen molar-refractivity contribution < 1.29 is 14.5 Å². The minimum Gasteiger partial charge on any atom is -0.543 e. The Balaban J connectivity index is 0.000000217. The van der Waals surface area contributed by atoms with Crippen LogP contribution in [0.25, 0.3) is 0 Å². The van der Waals surface area contributed by atoms with Gasteiger partial charge in [0.15, 0.2) is 5.69 Å². The number of carboxylic acids is 1. The van der Waals surface area contributed by atoms with Gasteiger partial charge in [-0.1, -0.05) is 5.21 Å². The van der Waals surface area contributed by atoms with Crippen LogP contribution in [0, 0.1) is 22.8 Å². The van der Waals surface area contributed by atoms with Crippen LogP contribution in [0.5, 0.6) is 0 Å². The Bertz CT molecular complexity index is 686. The molecule has 0 radical (unpaired) electrons. The Morgan fingerprint density at radius 2 is 2.25 bits per heavy atom. The summed E-state index contributed by atoms with van der Waals surface area (Å²) >= 11 is 0. The van der Waals surface area contributed by atoms with Crippen molar-refractivity contribution in [2.45, 2.75) is 13.5 Å². The predicted molar refractivity (Wildman–Crippen MR) is 61.4 cm³/mol. The first-order valence-corrected chi connectivity index (χ1v) is 5.51. The molecule has 0 bridgehead atoms. The van der Waals surface area contributed by atoms with E-state index in [0.717, 1.165) is 6.54 Å². The van der Waals surface area contributed by atoms with Crippen LogP contribution < -0.4 is 9.67 Å². The second-order valence-corrected chi connectivity index (χ2v) is 3.61. The number of hydrogen-bond acceptors (Lipinski definition) is 6. The van der Waals surface area contributed by atoms with Gasteiger partial charge in [-0.05, 0) is 6.92 Å². The minimum atomic E-state index is -1.63. The maximum absolute atomic E-state index is 10.2. The van der Waals surface area contributed by atoms with E-state index in [9.17, 15) is 9.90 Å². The van der Waals surface area contributed by atoms with E-state index in [1.807, 2.05) is 17.8 Å². The van der Waals surface area contributed by atoms with E-state index in [1.54, 1.807) is 0 Å². The monoisotopic (exact) mass is 273 g/mol. The number of aryl methyl sites for hydroxylation is 2. The molecule has 0 spiro atoms. The highest BCUT2D eigenvalue weighted by Crippen LogP contribution is 2.00. The predicted octanol–water partition coefficient (Wildman–Crippen LogP) is -1.83. The molecule has 2 rings (SSSR count). The van der Waals surface area contributed by atoms with Crippen molar-refractivity contribution in [1.82, 2.24) is 19.6 Å². The van der Waals surface area contributed by atoms with Crippen molar-refractivity contribution in [2.75, 3.05) is 0 Å². The molecule has 0 unspecified atom stereocenters. The van der Waals surface area contributed by atoms with Crippen LogP contribution in [0.15, 0.2) is 18.7 Å². The Morgan fingerprint density at radius 1 is 1.55 bits per heavy atom. The molecule has 0 saturated carbocycles. The van der Waals surface area contributed by atoms with Crippen molar-refractivity contribution in [3.05, 3.63) is 30.1 Å². The first-order valence-electron chi connectivity index (χ1n) is 5.51. The molecule has 0 aliphatic rings.